The van der Waals surface area contributed by atoms with Crippen molar-refractivity contribution >= 4 is 52.2 Å². The van der Waals surface area contributed by atoms with Crippen LogP contribution in [0.15, 0.2) is 23.6 Å². The summed E-state index contributed by atoms with van der Waals surface area (Å²) in [4.78, 5) is 52.6. The molecule has 3 saturated heterocycles. The summed E-state index contributed by atoms with van der Waals surface area (Å²) in [5.41, 5.74) is 9.61. The first-order chi connectivity index (χ1) is 22.2. The standard InChI is InChI=1S/C34H48ClN7O3S/c1-3-24-18-23(20-28(35)32(24)36)19-25(33(44)41-15-13-39(14-16-41)26-4-9-38(2)10-5-26)21-31(43)40-11-6-27(7-12-40)42-22-30-29(8-17-46-30)37-34(42)45/h8,17-18,20,25-27H,3-7,9-16,19,21-22,36H2,1-2H3,(H,37,45)/t25-/m0/s1. The molecule has 1 atom stereocenters. The molecular formula is C34H48ClN7O3S. The van der Waals surface area contributed by atoms with Crippen molar-refractivity contribution < 1.29 is 14.4 Å². The molecule has 1 aromatic carbocycles. The van der Waals surface area contributed by atoms with Crippen molar-refractivity contribution in [1.82, 2.24) is 24.5 Å². The maximum absolute atomic E-state index is 14.1. The molecule has 0 radical (unpaired) electrons. The zero-order chi connectivity index (χ0) is 32.4. The number of likely N-dealkylation sites (tertiary alicyclic amines) is 2. The lowest BCUT2D eigenvalue weighted by Gasteiger charge is -2.43. The van der Waals surface area contributed by atoms with Gasteiger partial charge in [-0.3, -0.25) is 14.5 Å². The Morgan fingerprint density at radius 1 is 1.00 bits per heavy atom. The van der Waals surface area contributed by atoms with Crippen LogP contribution in [-0.4, -0.2) is 114 Å². The van der Waals surface area contributed by atoms with Crippen molar-refractivity contribution in [3.05, 3.63) is 44.6 Å². The quantitative estimate of drug-likeness (QED) is 0.405. The molecule has 5 heterocycles. The Morgan fingerprint density at radius 3 is 2.39 bits per heavy atom. The van der Waals surface area contributed by atoms with Gasteiger partial charge in [-0.15, -0.1) is 11.3 Å². The highest BCUT2D eigenvalue weighted by Gasteiger charge is 2.36. The number of thiophene rings is 1. The normalized spacial score (nSPS) is 21.3. The average Bonchev–Trinajstić information content (AvgIpc) is 3.53. The first-order valence-corrected chi connectivity index (χ1v) is 18.2. The van der Waals surface area contributed by atoms with Crippen LogP contribution in [-0.2, 0) is 29.0 Å². The van der Waals surface area contributed by atoms with Crippen LogP contribution in [0.25, 0.3) is 0 Å². The number of nitrogens with one attached hydrogen (secondary N) is 1. The molecule has 4 aliphatic rings. The summed E-state index contributed by atoms with van der Waals surface area (Å²) >= 11 is 8.17. The predicted molar refractivity (Wildman–Crippen MR) is 184 cm³/mol. The van der Waals surface area contributed by atoms with Gasteiger partial charge >= 0.3 is 6.03 Å². The highest BCUT2D eigenvalue weighted by atomic mass is 35.5. The van der Waals surface area contributed by atoms with Gasteiger partial charge in [0.2, 0.25) is 11.8 Å². The molecule has 1 aromatic heterocycles. The number of anilines is 2. The number of hydrogen-bond donors (Lipinski definition) is 2. The summed E-state index contributed by atoms with van der Waals surface area (Å²) in [5.74, 6) is -0.425. The molecular weight excluding hydrogens is 622 g/mol. The molecule has 0 spiro atoms. The minimum atomic E-state index is -0.477. The number of amides is 4. The largest absolute Gasteiger partial charge is 0.397 e. The van der Waals surface area contributed by atoms with Gasteiger partial charge in [-0.1, -0.05) is 24.6 Å². The molecule has 46 heavy (non-hydrogen) atoms. The van der Waals surface area contributed by atoms with E-state index in [9.17, 15) is 14.4 Å². The van der Waals surface area contributed by atoms with Gasteiger partial charge in [-0.05, 0) is 87.3 Å². The summed E-state index contributed by atoms with van der Waals surface area (Å²) < 4.78 is 0. The number of nitrogens with zero attached hydrogens (tertiary/aromatic N) is 5. The lowest BCUT2D eigenvalue weighted by Crippen LogP contribution is -2.55. The molecule has 0 unspecified atom stereocenters. The number of benzene rings is 1. The van der Waals surface area contributed by atoms with Gasteiger partial charge in [0.15, 0.2) is 0 Å². The van der Waals surface area contributed by atoms with Crippen molar-refractivity contribution in [3.63, 3.8) is 0 Å². The highest BCUT2D eigenvalue weighted by molar-refractivity contribution is 7.10. The number of halogens is 1. The maximum atomic E-state index is 14.1. The monoisotopic (exact) mass is 669 g/mol. The summed E-state index contributed by atoms with van der Waals surface area (Å²) in [7, 11) is 2.18. The molecule has 4 aliphatic heterocycles. The van der Waals surface area contributed by atoms with Crippen LogP contribution in [0.3, 0.4) is 0 Å². The average molecular weight is 670 g/mol. The van der Waals surface area contributed by atoms with E-state index in [0.717, 1.165) is 62.3 Å². The number of carbonyl (C=O) groups excluding carboxylic acids is 3. The smallest absolute Gasteiger partial charge is 0.322 e. The number of urea groups is 1. The Balaban J connectivity index is 1.10. The molecule has 10 nitrogen and oxygen atoms in total. The van der Waals surface area contributed by atoms with E-state index in [2.05, 4.69) is 22.2 Å². The van der Waals surface area contributed by atoms with E-state index >= 15 is 0 Å². The number of carbonyl (C=O) groups is 3. The Labute approximate surface area is 281 Å². The fraction of sp³-hybridized carbons (Fsp3) is 0.618. The molecule has 0 aliphatic carbocycles. The van der Waals surface area contributed by atoms with E-state index in [4.69, 9.17) is 17.3 Å². The van der Waals surface area contributed by atoms with Crippen LogP contribution in [0.5, 0.6) is 0 Å². The van der Waals surface area contributed by atoms with Gasteiger partial charge in [0.25, 0.3) is 0 Å². The van der Waals surface area contributed by atoms with Crippen molar-refractivity contribution in [2.45, 2.75) is 70.5 Å². The lowest BCUT2D eigenvalue weighted by molar-refractivity contribution is -0.143. The highest BCUT2D eigenvalue weighted by Crippen LogP contribution is 2.32. The summed E-state index contributed by atoms with van der Waals surface area (Å²) in [6, 6.07) is 6.45. The summed E-state index contributed by atoms with van der Waals surface area (Å²) in [6.45, 7) is 9.18. The first kappa shape index (κ1) is 33.1. The van der Waals surface area contributed by atoms with Crippen LogP contribution in [0.1, 0.15) is 55.0 Å². The number of nitrogen functional groups attached to an aromatic ring is 1. The molecule has 6 rings (SSSR count). The van der Waals surface area contributed by atoms with Gasteiger partial charge in [-0.2, -0.15) is 0 Å². The van der Waals surface area contributed by atoms with E-state index in [1.807, 2.05) is 45.2 Å². The van der Waals surface area contributed by atoms with Crippen LogP contribution in [0.2, 0.25) is 5.02 Å². The van der Waals surface area contributed by atoms with Crippen molar-refractivity contribution in [1.29, 1.82) is 0 Å². The predicted octanol–water partition coefficient (Wildman–Crippen LogP) is 4.37. The Bertz CT molecular complexity index is 1410. The fourth-order valence-corrected chi connectivity index (χ4v) is 8.74. The molecule has 250 valence electrons. The summed E-state index contributed by atoms with van der Waals surface area (Å²) in [5, 5.41) is 5.51. The Kier molecular flexibility index (Phi) is 10.4. The molecule has 3 N–H and O–H groups in total. The Hall–Kier alpha value is -2.86. The lowest BCUT2D eigenvalue weighted by atomic mass is 9.91. The molecule has 12 heteroatoms. The second-order valence-electron chi connectivity index (χ2n) is 13.4. The molecule has 0 bridgehead atoms. The van der Waals surface area contributed by atoms with Crippen LogP contribution in [0, 0.1) is 5.92 Å². The number of hydrogen-bond acceptors (Lipinski definition) is 7. The van der Waals surface area contributed by atoms with Crippen LogP contribution < -0.4 is 11.1 Å². The molecule has 4 amide bonds. The zero-order valence-corrected chi connectivity index (χ0v) is 28.8. The van der Waals surface area contributed by atoms with Gasteiger partial charge in [0.1, 0.15) is 0 Å². The molecule has 0 saturated carbocycles. The third-order valence-corrected chi connectivity index (χ3v) is 11.8. The van der Waals surface area contributed by atoms with Crippen LogP contribution >= 0.6 is 22.9 Å². The number of nitrogens with two attached hydrogens (primary N) is 1. The molecule has 2 aromatic rings. The maximum Gasteiger partial charge on any atom is 0.322 e. The van der Waals surface area contributed by atoms with E-state index in [-0.39, 0.29) is 30.3 Å². The SMILES string of the molecule is CCc1cc(C[C@@H](CC(=O)N2CCC(N3Cc4sccc4NC3=O)CC2)C(=O)N2CCN(C3CCN(C)CC3)CC2)cc(Cl)c1N. The van der Waals surface area contributed by atoms with Crippen molar-refractivity contribution in [2.24, 2.45) is 5.92 Å². The second-order valence-corrected chi connectivity index (χ2v) is 14.8. The van der Waals surface area contributed by atoms with E-state index < -0.39 is 5.92 Å². The van der Waals surface area contributed by atoms with Crippen LogP contribution in [0.4, 0.5) is 16.2 Å². The van der Waals surface area contributed by atoms with Gasteiger partial charge in [0.05, 0.1) is 28.9 Å². The minimum Gasteiger partial charge on any atom is -0.397 e. The number of fused-ring (bicyclic) bond motifs is 1. The van der Waals surface area contributed by atoms with Crippen molar-refractivity contribution in [2.75, 3.05) is 70.5 Å². The molecule has 3 fully saturated rings. The number of piperidine rings is 2. The van der Waals surface area contributed by atoms with Gasteiger partial charge < -0.3 is 30.7 Å². The summed E-state index contributed by atoms with van der Waals surface area (Å²) in [6.07, 6.45) is 5.15. The minimum absolute atomic E-state index is 0.00246. The van der Waals surface area contributed by atoms with E-state index in [1.165, 1.54) is 17.7 Å². The van der Waals surface area contributed by atoms with E-state index in [0.29, 0.717) is 55.9 Å². The third kappa shape index (κ3) is 7.32. The van der Waals surface area contributed by atoms with E-state index in [1.54, 1.807) is 11.3 Å². The first-order valence-electron chi connectivity index (χ1n) is 16.9. The second kappa shape index (κ2) is 14.5. The zero-order valence-electron chi connectivity index (χ0n) is 27.2. The topological polar surface area (TPSA) is 105 Å². The van der Waals surface area contributed by atoms with Crippen molar-refractivity contribution in [3.8, 4) is 0 Å². The van der Waals surface area contributed by atoms with Gasteiger partial charge in [0, 0.05) is 62.7 Å². The Morgan fingerprint density at radius 2 is 1.70 bits per heavy atom. The fourth-order valence-electron chi connectivity index (χ4n) is 7.65. The number of rotatable bonds is 8. The third-order valence-electron chi connectivity index (χ3n) is 10.6. The number of piperazine rings is 1. The van der Waals surface area contributed by atoms with Gasteiger partial charge in [-0.25, -0.2) is 4.79 Å². The number of aryl methyl sites for hydroxylation is 1.